The maximum absolute atomic E-state index is 12.3. The highest BCUT2D eigenvalue weighted by Gasteiger charge is 2.16. The van der Waals surface area contributed by atoms with Gasteiger partial charge in [0.25, 0.3) is 5.69 Å². The van der Waals surface area contributed by atoms with Crippen LogP contribution >= 0.6 is 23.2 Å². The minimum absolute atomic E-state index is 0.0141. The quantitative estimate of drug-likeness (QED) is 0.167. The van der Waals surface area contributed by atoms with Crippen molar-refractivity contribution in [3.8, 4) is 23.1 Å². The Morgan fingerprint density at radius 3 is 2.44 bits per heavy atom. The molecule has 11 heteroatoms. The molecule has 3 aromatic carbocycles. The molecule has 0 bridgehead atoms. The molecule has 1 heterocycles. The number of rotatable bonds is 8. The Hall–Kier alpha value is -4.21. The molecule has 9 nitrogen and oxygen atoms in total. The lowest BCUT2D eigenvalue weighted by atomic mass is 10.2. The fraction of sp³-hybridized carbons (Fsp3) is 0.0800. The smallest absolute Gasteiger partial charge is 0.336 e. The summed E-state index contributed by atoms with van der Waals surface area (Å²) in [4.78, 5) is 27.0. The molecule has 0 spiro atoms. The number of nitrogens with one attached hydrogen (secondary N) is 1. The number of benzene rings is 3. The van der Waals surface area contributed by atoms with Crippen LogP contribution in [0.5, 0.6) is 6.01 Å². The van der Waals surface area contributed by atoms with E-state index in [2.05, 4.69) is 15.4 Å². The van der Waals surface area contributed by atoms with Crippen LogP contribution in [-0.2, 0) is 4.79 Å². The number of non-ortho nitro benzene ring substituents is 1. The van der Waals surface area contributed by atoms with E-state index in [4.69, 9.17) is 27.9 Å². The van der Waals surface area contributed by atoms with E-state index in [1.54, 1.807) is 65.4 Å². The molecular formula is C25H19Cl2N5O4. The summed E-state index contributed by atoms with van der Waals surface area (Å²) in [6, 6.07) is 18.3. The first-order chi connectivity index (χ1) is 17.3. The second-order valence-electron chi connectivity index (χ2n) is 7.41. The molecule has 0 saturated heterocycles. The number of hydrogen-bond donors (Lipinski definition) is 1. The number of amides is 1. The zero-order valence-electron chi connectivity index (χ0n) is 18.9. The van der Waals surface area contributed by atoms with Crippen molar-refractivity contribution < 1.29 is 14.5 Å². The van der Waals surface area contributed by atoms with Crippen LogP contribution in [0.3, 0.4) is 0 Å². The fourth-order valence-corrected chi connectivity index (χ4v) is 3.53. The molecule has 4 rings (SSSR count). The molecule has 0 radical (unpaired) electrons. The first kappa shape index (κ1) is 24.9. The maximum atomic E-state index is 12.3. The summed E-state index contributed by atoms with van der Waals surface area (Å²) in [5.41, 5.74) is 2.61. The third-order valence-electron chi connectivity index (χ3n) is 4.95. The molecule has 0 aliphatic carbocycles. The highest BCUT2D eigenvalue weighted by Crippen LogP contribution is 2.30. The first-order valence-electron chi connectivity index (χ1n) is 10.7. The van der Waals surface area contributed by atoms with E-state index in [0.29, 0.717) is 45.0 Å². The van der Waals surface area contributed by atoms with Gasteiger partial charge in [0, 0.05) is 29.5 Å². The van der Waals surface area contributed by atoms with Crippen LogP contribution in [0.4, 0.5) is 11.4 Å². The maximum Gasteiger partial charge on any atom is 0.336 e. The van der Waals surface area contributed by atoms with Crippen molar-refractivity contribution >= 4 is 46.6 Å². The summed E-state index contributed by atoms with van der Waals surface area (Å²) >= 11 is 12.2. The number of nitro benzene ring substituents is 1. The number of hydrogen-bond acceptors (Lipinski definition) is 6. The van der Waals surface area contributed by atoms with Crippen molar-refractivity contribution in [2.24, 2.45) is 0 Å². The third-order valence-corrected chi connectivity index (χ3v) is 5.69. The van der Waals surface area contributed by atoms with Crippen LogP contribution in [0.2, 0.25) is 10.0 Å². The van der Waals surface area contributed by atoms with Crippen molar-refractivity contribution in [2.45, 2.75) is 6.92 Å². The minimum Gasteiger partial charge on any atom is -0.463 e. The summed E-state index contributed by atoms with van der Waals surface area (Å²) in [5.74, 6) is 0.164. The molecule has 182 valence electrons. The molecule has 1 amide bonds. The predicted molar refractivity (Wildman–Crippen MR) is 139 cm³/mol. The first-order valence-corrected chi connectivity index (χ1v) is 11.5. The van der Waals surface area contributed by atoms with E-state index in [0.717, 1.165) is 0 Å². The van der Waals surface area contributed by atoms with Crippen molar-refractivity contribution in [2.75, 3.05) is 11.9 Å². The Kier molecular flexibility index (Phi) is 7.62. The van der Waals surface area contributed by atoms with Crippen molar-refractivity contribution in [1.82, 2.24) is 14.8 Å². The topological polar surface area (TPSA) is 112 Å². The van der Waals surface area contributed by atoms with Gasteiger partial charge in [-0.2, -0.15) is 4.98 Å². The normalized spacial score (nSPS) is 11.0. The van der Waals surface area contributed by atoms with Crippen molar-refractivity contribution in [3.05, 3.63) is 98.5 Å². The van der Waals surface area contributed by atoms with Crippen molar-refractivity contribution in [3.63, 3.8) is 0 Å². The van der Waals surface area contributed by atoms with Gasteiger partial charge in [0.05, 0.1) is 27.3 Å². The second kappa shape index (κ2) is 11.0. The van der Waals surface area contributed by atoms with Crippen LogP contribution in [0, 0.1) is 10.1 Å². The van der Waals surface area contributed by atoms with Gasteiger partial charge in [0.2, 0.25) is 5.91 Å². The van der Waals surface area contributed by atoms with Gasteiger partial charge < -0.3 is 10.1 Å². The number of carbonyl (C=O) groups is 1. The Labute approximate surface area is 216 Å². The monoisotopic (exact) mass is 523 g/mol. The van der Waals surface area contributed by atoms with Gasteiger partial charge in [0.15, 0.2) is 5.82 Å². The molecule has 0 fully saturated rings. The molecule has 4 aromatic rings. The van der Waals surface area contributed by atoms with Gasteiger partial charge >= 0.3 is 6.01 Å². The van der Waals surface area contributed by atoms with E-state index >= 15 is 0 Å². The van der Waals surface area contributed by atoms with Crippen LogP contribution in [0.25, 0.3) is 23.2 Å². The van der Waals surface area contributed by atoms with E-state index in [9.17, 15) is 14.9 Å². The Morgan fingerprint density at radius 2 is 1.81 bits per heavy atom. The minimum atomic E-state index is -0.478. The number of carbonyl (C=O) groups excluding carboxylic acids is 1. The Balaban J connectivity index is 1.51. The van der Waals surface area contributed by atoms with E-state index < -0.39 is 4.92 Å². The van der Waals surface area contributed by atoms with Gasteiger partial charge in [-0.25, -0.2) is 4.68 Å². The highest BCUT2D eigenvalue weighted by molar-refractivity contribution is 6.42. The number of halogens is 2. The van der Waals surface area contributed by atoms with Gasteiger partial charge in [0.1, 0.15) is 0 Å². The largest absolute Gasteiger partial charge is 0.463 e. The van der Waals surface area contributed by atoms with Gasteiger partial charge in [-0.1, -0.05) is 23.2 Å². The number of nitrogens with zero attached hydrogens (tertiary/aromatic N) is 4. The summed E-state index contributed by atoms with van der Waals surface area (Å²) < 4.78 is 7.10. The van der Waals surface area contributed by atoms with Crippen LogP contribution in [-0.4, -0.2) is 32.2 Å². The molecule has 1 aromatic heterocycles. The average Bonchev–Trinajstić information content (AvgIpc) is 3.29. The predicted octanol–water partition coefficient (Wildman–Crippen LogP) is 6.20. The van der Waals surface area contributed by atoms with Crippen LogP contribution in [0.1, 0.15) is 12.5 Å². The summed E-state index contributed by atoms with van der Waals surface area (Å²) in [7, 11) is 0. The number of anilines is 1. The summed E-state index contributed by atoms with van der Waals surface area (Å²) in [6.07, 6.45) is 2.92. The number of ether oxygens (including phenoxy) is 1. The lowest BCUT2D eigenvalue weighted by Crippen LogP contribution is -2.08. The summed E-state index contributed by atoms with van der Waals surface area (Å²) in [5, 5.41) is 18.8. The Morgan fingerprint density at radius 1 is 1.08 bits per heavy atom. The van der Waals surface area contributed by atoms with E-state index in [1.165, 1.54) is 18.2 Å². The SMILES string of the molecule is CCOc1nc(-c2ccc(Cl)c(Cl)c2)n(-c2ccc(NC(=O)/C=C/c3ccc([N+](=O)[O-])cc3)cc2)n1. The third kappa shape index (κ3) is 5.88. The molecule has 0 aliphatic rings. The summed E-state index contributed by atoms with van der Waals surface area (Å²) in [6.45, 7) is 2.25. The van der Waals surface area contributed by atoms with Crippen LogP contribution in [0.15, 0.2) is 72.8 Å². The molecule has 0 saturated carbocycles. The van der Waals surface area contributed by atoms with Gasteiger partial charge in [-0.3, -0.25) is 14.9 Å². The lowest BCUT2D eigenvalue weighted by Gasteiger charge is -2.08. The lowest BCUT2D eigenvalue weighted by molar-refractivity contribution is -0.384. The molecule has 0 unspecified atom stereocenters. The molecule has 0 atom stereocenters. The van der Waals surface area contributed by atoms with Crippen molar-refractivity contribution in [1.29, 1.82) is 0 Å². The number of nitro groups is 1. The zero-order chi connectivity index (χ0) is 25.7. The average molecular weight is 524 g/mol. The van der Waals surface area contributed by atoms with Gasteiger partial charge in [-0.05, 0) is 73.2 Å². The number of aromatic nitrogens is 3. The zero-order valence-corrected chi connectivity index (χ0v) is 20.4. The molecule has 1 N–H and O–H groups in total. The second-order valence-corrected chi connectivity index (χ2v) is 8.22. The molecular weight excluding hydrogens is 505 g/mol. The van der Waals surface area contributed by atoms with Crippen LogP contribution < -0.4 is 10.1 Å². The van der Waals surface area contributed by atoms with Gasteiger partial charge in [-0.15, -0.1) is 5.10 Å². The standard InChI is InChI=1S/C25H19Cl2N5O4/c1-2-36-25-29-24(17-6-13-21(26)22(27)15-17)31(30-25)19-11-7-18(8-12-19)28-23(33)14-5-16-3-9-20(10-4-16)32(34)35/h3-15H,2H2,1H3,(H,28,33)/b14-5+. The molecule has 0 aliphatic heterocycles. The van der Waals surface area contributed by atoms with E-state index in [-0.39, 0.29) is 17.6 Å². The highest BCUT2D eigenvalue weighted by atomic mass is 35.5. The van der Waals surface area contributed by atoms with E-state index in [1.807, 2.05) is 6.92 Å². The molecule has 36 heavy (non-hydrogen) atoms. The Bertz CT molecular complexity index is 1430. The fourth-order valence-electron chi connectivity index (χ4n) is 3.23.